The Kier molecular flexibility index (Phi) is 5.21. The highest BCUT2D eigenvalue weighted by Gasteiger charge is 2.14. The number of nitro benzene ring substituents is 1. The summed E-state index contributed by atoms with van der Waals surface area (Å²) in [6.45, 7) is 0. The molecule has 0 saturated carbocycles. The monoisotopic (exact) mass is 372 g/mol. The normalized spacial score (nSPS) is 10.6. The molecule has 0 aliphatic carbocycles. The number of nitrogens with one attached hydrogen (secondary N) is 1. The van der Waals surface area contributed by atoms with Crippen LogP contribution in [0, 0.1) is 10.1 Å². The van der Waals surface area contributed by atoms with Crippen LogP contribution in [0.3, 0.4) is 0 Å². The van der Waals surface area contributed by atoms with E-state index < -0.39 is 4.92 Å². The molecular formula is C18H13ClN2O3S. The van der Waals surface area contributed by atoms with E-state index in [1.807, 2.05) is 42.5 Å². The van der Waals surface area contributed by atoms with Crippen LogP contribution < -0.4 is 5.32 Å². The predicted molar refractivity (Wildman–Crippen MR) is 101 cm³/mol. The second-order valence-corrected chi connectivity index (χ2v) is 6.73. The molecule has 126 valence electrons. The van der Waals surface area contributed by atoms with Crippen molar-refractivity contribution < 1.29 is 9.72 Å². The lowest BCUT2D eigenvalue weighted by Gasteiger charge is -2.06. The van der Waals surface area contributed by atoms with Crippen LogP contribution in [0.25, 0.3) is 10.8 Å². The van der Waals surface area contributed by atoms with Gasteiger partial charge in [0, 0.05) is 16.6 Å². The van der Waals surface area contributed by atoms with Gasteiger partial charge in [0.1, 0.15) is 5.02 Å². The molecule has 0 saturated heterocycles. The molecule has 1 amide bonds. The summed E-state index contributed by atoms with van der Waals surface area (Å²) in [6, 6.07) is 18.2. The zero-order chi connectivity index (χ0) is 17.8. The average molecular weight is 373 g/mol. The SMILES string of the molecule is O=C(CSc1ccc2ccccc2c1)Nc1ccc(Cl)c([N+](=O)[O-])c1. The molecule has 0 heterocycles. The Labute approximate surface area is 153 Å². The summed E-state index contributed by atoms with van der Waals surface area (Å²) in [5.74, 6) is -0.0378. The smallest absolute Gasteiger partial charge is 0.289 e. The minimum atomic E-state index is -0.582. The van der Waals surface area contributed by atoms with E-state index in [0.29, 0.717) is 5.69 Å². The molecule has 0 fully saturated rings. The van der Waals surface area contributed by atoms with Crippen LogP contribution in [0.1, 0.15) is 0 Å². The summed E-state index contributed by atoms with van der Waals surface area (Å²) < 4.78 is 0. The second kappa shape index (κ2) is 7.55. The molecule has 0 atom stereocenters. The Hall–Kier alpha value is -2.57. The average Bonchev–Trinajstić information content (AvgIpc) is 2.61. The third kappa shape index (κ3) is 4.29. The fourth-order valence-electron chi connectivity index (χ4n) is 2.33. The van der Waals surface area contributed by atoms with Gasteiger partial charge >= 0.3 is 0 Å². The third-order valence-corrected chi connectivity index (χ3v) is 4.83. The first-order valence-corrected chi connectivity index (χ1v) is 8.75. The van der Waals surface area contributed by atoms with E-state index in [1.54, 1.807) is 0 Å². The lowest BCUT2D eigenvalue weighted by molar-refractivity contribution is -0.384. The van der Waals surface area contributed by atoms with Gasteiger partial charge < -0.3 is 5.32 Å². The number of rotatable bonds is 5. The number of nitrogens with zero attached hydrogens (tertiary/aromatic N) is 1. The van der Waals surface area contributed by atoms with Gasteiger partial charge in [0.05, 0.1) is 10.7 Å². The molecule has 5 nitrogen and oxygen atoms in total. The number of carbonyl (C=O) groups is 1. The van der Waals surface area contributed by atoms with Crippen molar-refractivity contribution in [3.63, 3.8) is 0 Å². The molecule has 0 unspecified atom stereocenters. The summed E-state index contributed by atoms with van der Waals surface area (Å²) in [7, 11) is 0. The van der Waals surface area contributed by atoms with Gasteiger partial charge in [0.15, 0.2) is 0 Å². The van der Waals surface area contributed by atoms with Gasteiger partial charge in [-0.05, 0) is 35.0 Å². The molecular weight excluding hydrogens is 360 g/mol. The maximum Gasteiger partial charge on any atom is 0.289 e. The number of benzene rings is 3. The molecule has 1 N–H and O–H groups in total. The van der Waals surface area contributed by atoms with Crippen LogP contribution in [0.2, 0.25) is 5.02 Å². The molecule has 0 bridgehead atoms. The van der Waals surface area contributed by atoms with Gasteiger partial charge in [-0.3, -0.25) is 14.9 Å². The van der Waals surface area contributed by atoms with Gasteiger partial charge in [0.2, 0.25) is 5.91 Å². The van der Waals surface area contributed by atoms with Crippen LogP contribution in [-0.2, 0) is 4.79 Å². The highest BCUT2D eigenvalue weighted by atomic mass is 35.5. The predicted octanol–water partition coefficient (Wildman–Crippen LogP) is 5.13. The number of hydrogen-bond donors (Lipinski definition) is 1. The van der Waals surface area contributed by atoms with E-state index in [-0.39, 0.29) is 22.4 Å². The highest BCUT2D eigenvalue weighted by molar-refractivity contribution is 8.00. The van der Waals surface area contributed by atoms with Crippen molar-refractivity contribution in [2.24, 2.45) is 0 Å². The fraction of sp³-hybridized carbons (Fsp3) is 0.0556. The lowest BCUT2D eigenvalue weighted by Crippen LogP contribution is -2.14. The second-order valence-electron chi connectivity index (χ2n) is 5.27. The van der Waals surface area contributed by atoms with Crippen molar-refractivity contribution in [1.82, 2.24) is 0 Å². The minimum absolute atomic E-state index is 0.0357. The van der Waals surface area contributed by atoms with E-state index in [1.165, 1.54) is 30.0 Å². The molecule has 3 aromatic carbocycles. The largest absolute Gasteiger partial charge is 0.325 e. The van der Waals surface area contributed by atoms with Crippen molar-refractivity contribution in [3.8, 4) is 0 Å². The highest BCUT2D eigenvalue weighted by Crippen LogP contribution is 2.28. The summed E-state index contributed by atoms with van der Waals surface area (Å²) in [4.78, 5) is 23.4. The topological polar surface area (TPSA) is 72.2 Å². The summed E-state index contributed by atoms with van der Waals surface area (Å²) >= 11 is 7.16. The number of nitro groups is 1. The van der Waals surface area contributed by atoms with E-state index in [4.69, 9.17) is 11.6 Å². The first-order chi connectivity index (χ1) is 12.0. The van der Waals surface area contributed by atoms with Gasteiger partial charge in [-0.1, -0.05) is 41.9 Å². The maximum absolute atomic E-state index is 12.1. The fourth-order valence-corrected chi connectivity index (χ4v) is 3.26. The quantitative estimate of drug-likeness (QED) is 0.382. The number of anilines is 1. The van der Waals surface area contributed by atoms with Gasteiger partial charge in [-0.25, -0.2) is 0 Å². The van der Waals surface area contributed by atoms with Gasteiger partial charge in [0.25, 0.3) is 5.69 Å². The molecule has 0 aliphatic rings. The van der Waals surface area contributed by atoms with Crippen LogP contribution in [0.4, 0.5) is 11.4 Å². The van der Waals surface area contributed by atoms with Gasteiger partial charge in [-0.2, -0.15) is 0 Å². The van der Waals surface area contributed by atoms with Crippen molar-refractivity contribution in [2.75, 3.05) is 11.1 Å². The Morgan fingerprint density at radius 2 is 1.84 bits per heavy atom. The molecule has 7 heteroatoms. The zero-order valence-corrected chi connectivity index (χ0v) is 14.5. The molecule has 0 aliphatic heterocycles. The number of halogens is 1. The van der Waals surface area contributed by atoms with Crippen LogP contribution in [-0.4, -0.2) is 16.6 Å². The van der Waals surface area contributed by atoms with Crippen molar-refractivity contribution in [3.05, 3.63) is 75.8 Å². The number of carbonyl (C=O) groups excluding carboxylic acids is 1. The first kappa shape index (κ1) is 17.3. The third-order valence-electron chi connectivity index (χ3n) is 3.52. The Bertz CT molecular complexity index is 962. The number of fused-ring (bicyclic) bond motifs is 1. The minimum Gasteiger partial charge on any atom is -0.325 e. The van der Waals surface area contributed by atoms with Gasteiger partial charge in [-0.15, -0.1) is 11.8 Å². The van der Waals surface area contributed by atoms with E-state index in [0.717, 1.165) is 15.7 Å². The van der Waals surface area contributed by atoms with Crippen molar-refractivity contribution >= 4 is 51.4 Å². The molecule has 25 heavy (non-hydrogen) atoms. The number of amides is 1. The first-order valence-electron chi connectivity index (χ1n) is 7.38. The van der Waals surface area contributed by atoms with Crippen LogP contribution in [0.5, 0.6) is 0 Å². The Morgan fingerprint density at radius 1 is 1.08 bits per heavy atom. The van der Waals surface area contributed by atoms with Crippen molar-refractivity contribution in [1.29, 1.82) is 0 Å². The van der Waals surface area contributed by atoms with E-state index in [2.05, 4.69) is 5.32 Å². The maximum atomic E-state index is 12.1. The molecule has 0 spiro atoms. The van der Waals surface area contributed by atoms with E-state index in [9.17, 15) is 14.9 Å². The summed E-state index contributed by atoms with van der Waals surface area (Å²) in [5, 5.41) is 15.8. The Morgan fingerprint density at radius 3 is 2.60 bits per heavy atom. The number of thioether (sulfide) groups is 1. The molecule has 0 radical (unpaired) electrons. The van der Waals surface area contributed by atoms with Crippen molar-refractivity contribution in [2.45, 2.75) is 4.90 Å². The summed E-state index contributed by atoms with van der Waals surface area (Å²) in [5.41, 5.74) is 0.113. The summed E-state index contributed by atoms with van der Waals surface area (Å²) in [6.07, 6.45) is 0. The van der Waals surface area contributed by atoms with Crippen LogP contribution in [0.15, 0.2) is 65.6 Å². The standard InChI is InChI=1S/C18H13ClN2O3S/c19-16-8-6-14(10-17(16)21(23)24)20-18(22)11-25-15-7-5-12-3-1-2-4-13(12)9-15/h1-10H,11H2,(H,20,22). The number of hydrogen-bond acceptors (Lipinski definition) is 4. The van der Waals surface area contributed by atoms with E-state index >= 15 is 0 Å². The lowest BCUT2D eigenvalue weighted by atomic mass is 10.1. The van der Waals surface area contributed by atoms with Crippen LogP contribution >= 0.6 is 23.4 Å². The molecule has 3 rings (SSSR count). The Balaban J connectivity index is 1.64. The molecule has 0 aromatic heterocycles. The molecule has 3 aromatic rings. The zero-order valence-electron chi connectivity index (χ0n) is 12.9.